The molecule has 0 saturated carbocycles. The minimum absolute atomic E-state index is 0.0509. The van der Waals surface area contributed by atoms with E-state index >= 15 is 0 Å². The van der Waals surface area contributed by atoms with Crippen LogP contribution >= 0.6 is 0 Å². The van der Waals surface area contributed by atoms with E-state index in [1.54, 1.807) is 38.1 Å². The van der Waals surface area contributed by atoms with Gasteiger partial charge < -0.3 is 16.2 Å². The van der Waals surface area contributed by atoms with Gasteiger partial charge in [-0.05, 0) is 17.5 Å². The zero-order valence-corrected chi connectivity index (χ0v) is 10.6. The standard InChI is InChI=1S/C13H18N2O3/c1-13(2,8-12(17)18)7-11(16)15-10-6-4-3-5-9(10)14/h3-6H,7-8,14H2,1-2H3,(H,15,16)(H,17,18). The number of anilines is 2. The summed E-state index contributed by atoms with van der Waals surface area (Å²) in [4.78, 5) is 22.5. The summed E-state index contributed by atoms with van der Waals surface area (Å²) in [5.41, 5.74) is 6.16. The second-order valence-electron chi connectivity index (χ2n) is 5.05. The van der Waals surface area contributed by atoms with E-state index in [-0.39, 0.29) is 18.7 Å². The molecule has 0 aromatic heterocycles. The van der Waals surface area contributed by atoms with Crippen LogP contribution in [0.15, 0.2) is 24.3 Å². The number of nitrogen functional groups attached to an aromatic ring is 1. The van der Waals surface area contributed by atoms with Gasteiger partial charge in [0.25, 0.3) is 0 Å². The topological polar surface area (TPSA) is 92.4 Å². The number of amides is 1. The highest BCUT2D eigenvalue weighted by Crippen LogP contribution is 2.26. The number of benzene rings is 1. The molecule has 0 spiro atoms. The number of para-hydroxylation sites is 2. The van der Waals surface area contributed by atoms with Gasteiger partial charge in [0.2, 0.25) is 5.91 Å². The molecule has 1 amide bonds. The maximum Gasteiger partial charge on any atom is 0.303 e. The molecule has 1 aromatic rings. The third-order valence-electron chi connectivity index (χ3n) is 2.50. The Labute approximate surface area is 106 Å². The number of carboxylic acids is 1. The number of nitrogens with two attached hydrogens (primary N) is 1. The van der Waals surface area contributed by atoms with Crippen LogP contribution in [0.5, 0.6) is 0 Å². The fourth-order valence-corrected chi connectivity index (χ4v) is 1.71. The molecule has 0 fully saturated rings. The SMILES string of the molecule is CC(C)(CC(=O)O)CC(=O)Nc1ccccc1N. The van der Waals surface area contributed by atoms with Crippen molar-refractivity contribution in [2.45, 2.75) is 26.7 Å². The molecule has 98 valence electrons. The number of nitrogens with one attached hydrogen (secondary N) is 1. The Hall–Kier alpha value is -2.04. The molecule has 5 heteroatoms. The van der Waals surface area contributed by atoms with Gasteiger partial charge in [-0.1, -0.05) is 26.0 Å². The van der Waals surface area contributed by atoms with Crippen molar-refractivity contribution in [3.8, 4) is 0 Å². The second-order valence-corrected chi connectivity index (χ2v) is 5.05. The van der Waals surface area contributed by atoms with Crippen molar-refractivity contribution in [3.05, 3.63) is 24.3 Å². The smallest absolute Gasteiger partial charge is 0.303 e. The van der Waals surface area contributed by atoms with Gasteiger partial charge in [-0.15, -0.1) is 0 Å². The third kappa shape index (κ3) is 4.45. The van der Waals surface area contributed by atoms with Crippen molar-refractivity contribution in [3.63, 3.8) is 0 Å². The average Bonchev–Trinajstić information content (AvgIpc) is 2.18. The third-order valence-corrected chi connectivity index (χ3v) is 2.50. The van der Waals surface area contributed by atoms with Crippen molar-refractivity contribution in [2.75, 3.05) is 11.1 Å². The molecule has 0 saturated heterocycles. The molecule has 0 atom stereocenters. The zero-order chi connectivity index (χ0) is 13.8. The van der Waals surface area contributed by atoms with E-state index in [2.05, 4.69) is 5.32 Å². The first kappa shape index (κ1) is 14.0. The molecule has 18 heavy (non-hydrogen) atoms. The normalized spacial score (nSPS) is 11.0. The quantitative estimate of drug-likeness (QED) is 0.698. The molecule has 0 aliphatic rings. The van der Waals surface area contributed by atoms with Gasteiger partial charge in [0.15, 0.2) is 0 Å². The van der Waals surface area contributed by atoms with E-state index in [0.29, 0.717) is 11.4 Å². The lowest BCUT2D eigenvalue weighted by molar-refractivity contribution is -0.139. The van der Waals surface area contributed by atoms with Crippen LogP contribution in [-0.2, 0) is 9.59 Å². The summed E-state index contributed by atoms with van der Waals surface area (Å²) in [6.07, 6.45) is 0.0817. The van der Waals surface area contributed by atoms with Crippen LogP contribution in [0.2, 0.25) is 0 Å². The van der Waals surface area contributed by atoms with Crippen molar-refractivity contribution >= 4 is 23.3 Å². The number of hydrogen-bond donors (Lipinski definition) is 3. The van der Waals surface area contributed by atoms with Crippen LogP contribution < -0.4 is 11.1 Å². The fraction of sp³-hybridized carbons (Fsp3) is 0.385. The Morgan fingerprint density at radius 2 is 1.89 bits per heavy atom. The second kappa shape index (κ2) is 5.53. The van der Waals surface area contributed by atoms with E-state index in [1.165, 1.54) is 0 Å². The highest BCUT2D eigenvalue weighted by atomic mass is 16.4. The van der Waals surface area contributed by atoms with Crippen molar-refractivity contribution in [1.29, 1.82) is 0 Å². The predicted octanol–water partition coefficient (Wildman–Crippen LogP) is 2.10. The molecule has 1 rings (SSSR count). The molecule has 0 unspecified atom stereocenters. The Bertz CT molecular complexity index is 455. The van der Waals surface area contributed by atoms with Crippen molar-refractivity contribution < 1.29 is 14.7 Å². The molecule has 5 nitrogen and oxygen atoms in total. The van der Waals surface area contributed by atoms with Gasteiger partial charge in [-0.2, -0.15) is 0 Å². The van der Waals surface area contributed by atoms with Crippen LogP contribution in [0.3, 0.4) is 0 Å². The monoisotopic (exact) mass is 250 g/mol. The number of carbonyl (C=O) groups excluding carboxylic acids is 1. The van der Waals surface area contributed by atoms with E-state index in [1.807, 2.05) is 0 Å². The molecule has 4 N–H and O–H groups in total. The summed E-state index contributed by atoms with van der Waals surface area (Å²) < 4.78 is 0. The number of hydrogen-bond acceptors (Lipinski definition) is 3. The summed E-state index contributed by atoms with van der Waals surface area (Å²) in [6, 6.07) is 6.95. The molecule has 0 heterocycles. The van der Waals surface area contributed by atoms with Crippen LogP contribution in [0.25, 0.3) is 0 Å². The van der Waals surface area contributed by atoms with Gasteiger partial charge >= 0.3 is 5.97 Å². The summed E-state index contributed by atoms with van der Waals surface area (Å²) in [7, 11) is 0. The highest BCUT2D eigenvalue weighted by molar-refractivity contribution is 5.94. The predicted molar refractivity (Wildman–Crippen MR) is 70.1 cm³/mol. The molecule has 0 aliphatic heterocycles. The average molecular weight is 250 g/mol. The van der Waals surface area contributed by atoms with Gasteiger partial charge in [0.1, 0.15) is 0 Å². The zero-order valence-electron chi connectivity index (χ0n) is 10.6. The van der Waals surface area contributed by atoms with Crippen LogP contribution in [0.1, 0.15) is 26.7 Å². The van der Waals surface area contributed by atoms with Crippen molar-refractivity contribution in [2.24, 2.45) is 5.41 Å². The number of rotatable bonds is 5. The first-order chi connectivity index (χ1) is 8.30. The molecule has 0 radical (unpaired) electrons. The fourth-order valence-electron chi connectivity index (χ4n) is 1.71. The molecular weight excluding hydrogens is 232 g/mol. The van der Waals surface area contributed by atoms with Crippen molar-refractivity contribution in [1.82, 2.24) is 0 Å². The Morgan fingerprint density at radius 3 is 2.44 bits per heavy atom. The lowest BCUT2D eigenvalue weighted by atomic mass is 9.85. The van der Waals surface area contributed by atoms with E-state index in [0.717, 1.165) is 0 Å². The Balaban J connectivity index is 2.62. The van der Waals surface area contributed by atoms with Crippen LogP contribution in [0.4, 0.5) is 11.4 Å². The summed E-state index contributed by atoms with van der Waals surface area (Å²) >= 11 is 0. The van der Waals surface area contributed by atoms with E-state index in [9.17, 15) is 9.59 Å². The number of aliphatic carboxylic acids is 1. The summed E-state index contributed by atoms with van der Waals surface area (Å²) in [5.74, 6) is -1.15. The highest BCUT2D eigenvalue weighted by Gasteiger charge is 2.25. The van der Waals surface area contributed by atoms with E-state index < -0.39 is 11.4 Å². The number of carboxylic acid groups (broad SMARTS) is 1. The largest absolute Gasteiger partial charge is 0.481 e. The molecular formula is C13H18N2O3. The van der Waals surface area contributed by atoms with E-state index in [4.69, 9.17) is 10.8 Å². The van der Waals surface area contributed by atoms with Gasteiger partial charge in [0.05, 0.1) is 17.8 Å². The minimum atomic E-state index is -0.910. The van der Waals surface area contributed by atoms with Gasteiger partial charge in [0, 0.05) is 6.42 Å². The Kier molecular flexibility index (Phi) is 4.31. The molecule has 0 aliphatic carbocycles. The number of carbonyl (C=O) groups is 2. The molecule has 0 bridgehead atoms. The Morgan fingerprint density at radius 1 is 1.28 bits per heavy atom. The van der Waals surface area contributed by atoms with Gasteiger partial charge in [-0.25, -0.2) is 0 Å². The summed E-state index contributed by atoms with van der Waals surface area (Å²) in [6.45, 7) is 3.49. The maximum atomic E-state index is 11.8. The molecule has 1 aromatic carbocycles. The first-order valence-corrected chi connectivity index (χ1v) is 5.66. The van der Waals surface area contributed by atoms with Crippen LogP contribution in [-0.4, -0.2) is 17.0 Å². The summed E-state index contributed by atoms with van der Waals surface area (Å²) in [5, 5.41) is 11.4. The lowest BCUT2D eigenvalue weighted by Crippen LogP contribution is -2.25. The minimum Gasteiger partial charge on any atom is -0.481 e. The van der Waals surface area contributed by atoms with Crippen LogP contribution in [0, 0.1) is 5.41 Å². The van der Waals surface area contributed by atoms with Gasteiger partial charge in [-0.3, -0.25) is 9.59 Å². The lowest BCUT2D eigenvalue weighted by Gasteiger charge is -2.21. The first-order valence-electron chi connectivity index (χ1n) is 5.66. The maximum absolute atomic E-state index is 11.8.